The monoisotopic (exact) mass is 1200 g/mol. The maximum Gasteiger partial charge on any atom is 0.244 e. The van der Waals surface area contributed by atoms with Gasteiger partial charge in [0.2, 0.25) is 40.4 Å². The Balaban J connectivity index is 0.00000552. The normalized spacial score (nSPS) is 18.2. The zero-order chi connectivity index (χ0) is 51.3. The third-order valence-electron chi connectivity index (χ3n) is 16.5. The molecule has 7 aromatic rings. The molecular weight excluding hydrogens is 1150 g/mol. The molecule has 15 nitrogen and oxygen atoms in total. The molecule has 0 saturated heterocycles. The van der Waals surface area contributed by atoms with Crippen molar-refractivity contribution in [2.75, 3.05) is 49.0 Å². The van der Waals surface area contributed by atoms with Gasteiger partial charge in [-0.1, -0.05) is 90.6 Å². The van der Waals surface area contributed by atoms with Gasteiger partial charge in [0.05, 0.1) is 42.2 Å². The van der Waals surface area contributed by atoms with Crippen LogP contribution in [0.1, 0.15) is 89.5 Å². The summed E-state index contributed by atoms with van der Waals surface area (Å²) < 4.78 is 5.25. The molecule has 0 aliphatic carbocycles. The second-order valence-corrected chi connectivity index (χ2v) is 21.1. The molecule has 10 aliphatic rings. The van der Waals surface area contributed by atoms with Crippen LogP contribution in [0.3, 0.4) is 0 Å². The third kappa shape index (κ3) is 7.93. The fourth-order valence-corrected chi connectivity index (χ4v) is 12.6. The fraction of sp³-hybridized carbons (Fsp3) is 0.274. The van der Waals surface area contributed by atoms with Crippen molar-refractivity contribution in [3.8, 4) is 29.4 Å². The molecule has 16 bridgehead atoms. The predicted molar refractivity (Wildman–Crippen MR) is 285 cm³/mol. The number of rotatable bonds is 0. The van der Waals surface area contributed by atoms with Gasteiger partial charge in [0.15, 0.2) is 17.1 Å². The average molecular weight is 1200 g/mol. The molecule has 389 valence electrons. The molecule has 0 fully saturated rings. The number of benzene rings is 4. The number of fused-ring (bicyclic) bond motifs is 5. The van der Waals surface area contributed by atoms with Crippen LogP contribution < -0.4 is 58.1 Å². The molecule has 17 rings (SSSR count). The van der Waals surface area contributed by atoms with E-state index in [0.29, 0.717) is 40.0 Å². The van der Waals surface area contributed by atoms with Gasteiger partial charge in [-0.25, -0.2) is 21.5 Å². The van der Waals surface area contributed by atoms with E-state index in [1.807, 2.05) is 36.8 Å². The molecule has 13 heterocycles. The third-order valence-corrected chi connectivity index (χ3v) is 16.5. The van der Waals surface area contributed by atoms with Crippen LogP contribution in [0, 0.1) is 73.4 Å². The van der Waals surface area contributed by atoms with E-state index in [-0.39, 0.29) is 20.1 Å². The summed E-state index contributed by atoms with van der Waals surface area (Å²) in [5.41, 5.74) is 14.5. The van der Waals surface area contributed by atoms with Gasteiger partial charge in [-0.3, -0.25) is 9.68 Å². The van der Waals surface area contributed by atoms with E-state index in [4.69, 9.17) is 21.1 Å². The Morgan fingerprint density at radius 2 is 1.00 bits per heavy atom. The van der Waals surface area contributed by atoms with E-state index in [2.05, 4.69) is 139 Å². The Morgan fingerprint density at radius 1 is 0.526 bits per heavy atom. The van der Waals surface area contributed by atoms with Crippen molar-refractivity contribution in [2.45, 2.75) is 83.5 Å². The quantitative estimate of drug-likeness (QED) is 0.107. The number of nitriles is 2. The van der Waals surface area contributed by atoms with E-state index in [1.165, 1.54) is 16.7 Å². The Kier molecular flexibility index (Phi) is 11.9. The van der Waals surface area contributed by atoms with Gasteiger partial charge in [-0.15, -0.1) is 18.2 Å². The second-order valence-electron chi connectivity index (χ2n) is 21.1. The molecule has 0 amide bonds. The fourth-order valence-electron chi connectivity index (χ4n) is 12.6. The first-order chi connectivity index (χ1) is 38.0. The molecule has 1 unspecified atom stereocenters. The number of hydrogen-bond donors (Lipinski definition) is 0. The van der Waals surface area contributed by atoms with Gasteiger partial charge >= 0.3 is 0 Å². The Morgan fingerprint density at radius 3 is 1.53 bits per heavy atom. The molecule has 0 N–H and O–H groups in total. The Bertz CT molecular complexity index is 3770. The molecule has 16 heteroatoms. The van der Waals surface area contributed by atoms with E-state index in [9.17, 15) is 10.5 Å². The van der Waals surface area contributed by atoms with Gasteiger partial charge < -0.3 is 34.2 Å². The Labute approximate surface area is 467 Å². The van der Waals surface area contributed by atoms with Crippen molar-refractivity contribution >= 4 is 57.3 Å². The minimum absolute atomic E-state index is 0. The Hall–Kier alpha value is -8.35. The predicted octanol–water partition coefficient (Wildman–Crippen LogP) is 9.67. The first kappa shape index (κ1) is 48.1. The van der Waals surface area contributed by atoms with Gasteiger partial charge in [0, 0.05) is 20.1 Å². The molecule has 10 aliphatic heterocycles. The van der Waals surface area contributed by atoms with Crippen molar-refractivity contribution in [1.29, 1.82) is 10.5 Å². The van der Waals surface area contributed by atoms with Gasteiger partial charge in [-0.2, -0.15) is 28.7 Å². The van der Waals surface area contributed by atoms with E-state index >= 15 is 0 Å². The summed E-state index contributed by atoms with van der Waals surface area (Å²) in [4.78, 5) is 36.9. The van der Waals surface area contributed by atoms with Crippen molar-refractivity contribution in [3.05, 3.63) is 186 Å². The minimum atomic E-state index is 0. The van der Waals surface area contributed by atoms with Crippen LogP contribution in [-0.2, 0) is 58.6 Å². The molecule has 78 heavy (non-hydrogen) atoms. The number of aryl methyl sites for hydroxylation is 6. The SMILES string of the molecule is [C-]#[N+]c1ccc2c3c1O[n+]1ccc4[c-]c1N3[CH-]N2CCCc1ccc2cc1CCCN1[CH-]N3c5c1ccc(C#N)c5O[n+]1ccc([c-]c13)CCCC(CCc1[c-]c3[n+](cc1)Oc1c(C#N)ccc5c1N3[CH-]N5CCC2)CC4.[Ir]. The van der Waals surface area contributed by atoms with Crippen LogP contribution in [0.15, 0.2) is 91.4 Å². The molecule has 0 spiro atoms. The van der Waals surface area contributed by atoms with Crippen molar-refractivity contribution < 1.29 is 48.8 Å². The van der Waals surface area contributed by atoms with E-state index in [1.54, 1.807) is 14.2 Å². The number of anilines is 9. The number of hydrogen-bond acceptors (Lipinski definition) is 11. The van der Waals surface area contributed by atoms with E-state index < -0.39 is 0 Å². The number of nitrogens with zero attached hydrogens (tertiary/aromatic N) is 12. The smallest absolute Gasteiger partial charge is 0.244 e. The molecule has 1 atom stereocenters. The topological polar surface area (TPSA) is 111 Å². The van der Waals surface area contributed by atoms with Crippen LogP contribution in [0.25, 0.3) is 4.85 Å². The van der Waals surface area contributed by atoms with Crippen LogP contribution in [-0.4, -0.2) is 19.6 Å². The van der Waals surface area contributed by atoms with Crippen LogP contribution >= 0.6 is 0 Å². The van der Waals surface area contributed by atoms with E-state index in [0.717, 1.165) is 171 Å². The number of aromatic nitrogens is 3. The summed E-state index contributed by atoms with van der Waals surface area (Å²) >= 11 is 0. The largest absolute Gasteiger partial charge is 0.478 e. The summed E-state index contributed by atoms with van der Waals surface area (Å²) in [7, 11) is 0. The summed E-state index contributed by atoms with van der Waals surface area (Å²) in [6.45, 7) is 16.9. The molecule has 4 aromatic carbocycles. The van der Waals surface area contributed by atoms with Gasteiger partial charge in [0.25, 0.3) is 0 Å². The molecule has 0 saturated carbocycles. The average Bonchev–Trinajstić information content (AvgIpc) is 4.21. The number of pyridine rings is 3. The zero-order valence-corrected chi connectivity index (χ0v) is 45.1. The van der Waals surface area contributed by atoms with Gasteiger partial charge in [0.1, 0.15) is 23.3 Å². The minimum Gasteiger partial charge on any atom is -0.478 e. The standard InChI is InChI=1S/C62H51N12O3.Ir/c1-65-50-19-22-53-59-62(50)77-74-31-25-45-14-12-41-6-2-7-43-23-29-72-54(33-43)69-39-67(52-21-18-49(37-64)61(75-72)58(52)69)28-5-10-47-32-42(15-16-46(47)9-4-27-68(53)40-71(59)56(74)35-45)8-3-26-66-38-70-55-34-44(13-11-41)24-30-73(55)76-60-48(36-63)17-20-51(66)57(60)70;/h15-25,29-32,38-41H,2-14,26-28H2;/q-3;. The maximum absolute atomic E-state index is 10.3. The second kappa shape index (κ2) is 19.3. The summed E-state index contributed by atoms with van der Waals surface area (Å²) in [5.74, 6) is 4.43. The van der Waals surface area contributed by atoms with Crippen molar-refractivity contribution in [3.63, 3.8) is 0 Å². The zero-order valence-electron chi connectivity index (χ0n) is 42.7. The molecular formula is C62H51IrN12O3-3. The van der Waals surface area contributed by atoms with Gasteiger partial charge in [-0.05, 0) is 124 Å². The first-order valence-electron chi connectivity index (χ1n) is 26.9. The summed E-state index contributed by atoms with van der Waals surface area (Å²) in [5, 5.41) is 20.5. The van der Waals surface area contributed by atoms with Crippen LogP contribution in [0.2, 0.25) is 0 Å². The summed E-state index contributed by atoms with van der Waals surface area (Å²) in [6.07, 6.45) is 17.6. The van der Waals surface area contributed by atoms with Crippen LogP contribution in [0.5, 0.6) is 17.2 Å². The first-order valence-corrected chi connectivity index (χ1v) is 26.9. The summed E-state index contributed by atoms with van der Waals surface area (Å²) in [6, 6.07) is 41.3. The maximum atomic E-state index is 10.3. The molecule has 3 aromatic heterocycles. The van der Waals surface area contributed by atoms with Crippen molar-refractivity contribution in [1.82, 2.24) is 0 Å². The van der Waals surface area contributed by atoms with Crippen molar-refractivity contribution in [2.24, 2.45) is 5.92 Å². The van der Waals surface area contributed by atoms with Crippen LogP contribution in [0.4, 0.5) is 57.3 Å². The molecule has 1 radical (unpaired) electrons.